The van der Waals surface area contributed by atoms with Gasteiger partial charge in [0.15, 0.2) is 0 Å². The van der Waals surface area contributed by atoms with Crippen LogP contribution >= 0.6 is 0 Å². The minimum atomic E-state index is -4.38. The van der Waals surface area contributed by atoms with Crippen LogP contribution in [0.1, 0.15) is 37.4 Å². The number of benzene rings is 1. The van der Waals surface area contributed by atoms with Crippen LogP contribution in [0.2, 0.25) is 0 Å². The monoisotopic (exact) mass is 288 g/mol. The molecule has 0 spiro atoms. The van der Waals surface area contributed by atoms with Crippen molar-refractivity contribution in [1.82, 2.24) is 4.90 Å². The normalized spacial score (nSPS) is 13.1. The van der Waals surface area contributed by atoms with Crippen molar-refractivity contribution in [2.45, 2.75) is 32.5 Å². The van der Waals surface area contributed by atoms with Gasteiger partial charge in [0, 0.05) is 19.5 Å². The number of nitrogens with zero attached hydrogens (tertiary/aromatic N) is 1. The topological polar surface area (TPSA) is 46.3 Å². The van der Waals surface area contributed by atoms with Crippen molar-refractivity contribution < 1.29 is 18.0 Å². The van der Waals surface area contributed by atoms with Gasteiger partial charge in [-0.1, -0.05) is 12.1 Å². The lowest BCUT2D eigenvalue weighted by molar-refractivity contribution is -0.137. The first kappa shape index (κ1) is 16.5. The third kappa shape index (κ3) is 3.96. The van der Waals surface area contributed by atoms with E-state index in [9.17, 15) is 18.0 Å². The molecule has 1 atom stereocenters. The van der Waals surface area contributed by atoms with Crippen LogP contribution in [0.15, 0.2) is 24.3 Å². The molecule has 0 aromatic heterocycles. The molecule has 0 unspecified atom stereocenters. The minimum absolute atomic E-state index is 0.153. The van der Waals surface area contributed by atoms with Gasteiger partial charge in [-0.3, -0.25) is 4.79 Å². The highest BCUT2D eigenvalue weighted by Gasteiger charge is 2.31. The zero-order valence-corrected chi connectivity index (χ0v) is 11.6. The second-order valence-electron chi connectivity index (χ2n) is 4.52. The summed E-state index contributed by atoms with van der Waals surface area (Å²) in [4.78, 5) is 13.4. The first-order valence-corrected chi connectivity index (χ1v) is 6.48. The summed E-state index contributed by atoms with van der Waals surface area (Å²) in [5, 5.41) is 0. The largest absolute Gasteiger partial charge is 0.416 e. The molecule has 3 nitrogen and oxygen atoms in total. The van der Waals surface area contributed by atoms with Crippen molar-refractivity contribution in [1.29, 1.82) is 0 Å². The lowest BCUT2D eigenvalue weighted by Crippen LogP contribution is -2.34. The van der Waals surface area contributed by atoms with Crippen LogP contribution in [0.5, 0.6) is 0 Å². The molecule has 1 amide bonds. The number of rotatable bonds is 5. The van der Waals surface area contributed by atoms with Crippen LogP contribution in [0, 0.1) is 0 Å². The fourth-order valence-corrected chi connectivity index (χ4v) is 2.09. The van der Waals surface area contributed by atoms with Crippen LogP contribution < -0.4 is 5.73 Å². The number of nitrogens with two attached hydrogens (primary N) is 1. The third-order valence-corrected chi connectivity index (χ3v) is 3.18. The van der Waals surface area contributed by atoms with Crippen LogP contribution in [0.25, 0.3) is 0 Å². The van der Waals surface area contributed by atoms with Gasteiger partial charge in [0.25, 0.3) is 0 Å². The predicted molar refractivity (Wildman–Crippen MR) is 70.9 cm³/mol. The number of carbonyl (C=O) groups excluding carboxylic acids is 1. The summed E-state index contributed by atoms with van der Waals surface area (Å²) in [5.41, 5.74) is 5.11. The Labute approximate surface area is 116 Å². The van der Waals surface area contributed by atoms with E-state index in [0.717, 1.165) is 12.1 Å². The summed E-state index contributed by atoms with van der Waals surface area (Å²) >= 11 is 0. The predicted octanol–water partition coefficient (Wildman–Crippen LogP) is 2.96. The van der Waals surface area contributed by atoms with Crippen molar-refractivity contribution >= 4 is 5.91 Å². The molecule has 0 heterocycles. The Morgan fingerprint density at radius 3 is 2.55 bits per heavy atom. The van der Waals surface area contributed by atoms with Gasteiger partial charge in [-0.25, -0.2) is 0 Å². The molecule has 0 aliphatic carbocycles. The number of hydrogen-bond acceptors (Lipinski definition) is 2. The summed E-state index contributed by atoms with van der Waals surface area (Å²) in [6.07, 6.45) is -4.19. The smallest absolute Gasteiger partial charge is 0.336 e. The molecule has 112 valence electrons. The third-order valence-electron chi connectivity index (χ3n) is 3.18. The molecule has 0 radical (unpaired) electrons. The highest BCUT2D eigenvalue weighted by Crippen LogP contribution is 2.31. The Hall–Kier alpha value is -1.56. The second-order valence-corrected chi connectivity index (χ2v) is 4.52. The quantitative estimate of drug-likeness (QED) is 0.905. The molecule has 1 aromatic rings. The van der Waals surface area contributed by atoms with Gasteiger partial charge in [0.2, 0.25) is 5.91 Å². The van der Waals surface area contributed by atoms with E-state index >= 15 is 0 Å². The fourth-order valence-electron chi connectivity index (χ4n) is 2.09. The first-order chi connectivity index (χ1) is 9.31. The summed E-state index contributed by atoms with van der Waals surface area (Å²) < 4.78 is 38.1. The van der Waals surface area contributed by atoms with E-state index < -0.39 is 17.8 Å². The van der Waals surface area contributed by atoms with Gasteiger partial charge in [0.05, 0.1) is 11.6 Å². The highest BCUT2D eigenvalue weighted by molar-refractivity contribution is 5.76. The summed E-state index contributed by atoms with van der Waals surface area (Å²) in [5.74, 6) is -0.153. The zero-order valence-electron chi connectivity index (χ0n) is 11.6. The van der Waals surface area contributed by atoms with E-state index in [1.165, 1.54) is 11.0 Å². The maximum absolute atomic E-state index is 12.7. The Morgan fingerprint density at radius 1 is 1.40 bits per heavy atom. The SMILES string of the molecule is CCN(C(=O)CCN)[C@H](C)c1cccc(C(F)(F)F)c1. The van der Waals surface area contributed by atoms with Crippen LogP contribution in [-0.4, -0.2) is 23.9 Å². The number of hydrogen-bond donors (Lipinski definition) is 1. The highest BCUT2D eigenvalue weighted by atomic mass is 19.4. The van der Waals surface area contributed by atoms with Crippen molar-refractivity contribution in [2.24, 2.45) is 5.73 Å². The van der Waals surface area contributed by atoms with E-state index in [1.807, 2.05) is 0 Å². The minimum Gasteiger partial charge on any atom is -0.336 e. The van der Waals surface area contributed by atoms with Crippen LogP contribution in [-0.2, 0) is 11.0 Å². The molecule has 20 heavy (non-hydrogen) atoms. The van der Waals surface area contributed by atoms with Gasteiger partial charge >= 0.3 is 6.18 Å². The molecule has 0 fully saturated rings. The van der Waals surface area contributed by atoms with E-state index in [-0.39, 0.29) is 18.9 Å². The summed E-state index contributed by atoms with van der Waals surface area (Å²) in [6, 6.07) is 4.65. The molecule has 0 bridgehead atoms. The Morgan fingerprint density at radius 2 is 2.05 bits per heavy atom. The van der Waals surface area contributed by atoms with Gasteiger partial charge in [-0.15, -0.1) is 0 Å². The lowest BCUT2D eigenvalue weighted by Gasteiger charge is -2.29. The molecule has 0 saturated carbocycles. The maximum Gasteiger partial charge on any atom is 0.416 e. The van der Waals surface area contributed by atoms with Gasteiger partial charge in [-0.05, 0) is 31.5 Å². The standard InChI is InChI=1S/C14H19F3N2O/c1-3-19(13(20)7-8-18)10(2)11-5-4-6-12(9-11)14(15,16)17/h4-6,9-10H,3,7-8,18H2,1-2H3/t10-/m1/s1. The number of halogens is 3. The molecular weight excluding hydrogens is 269 g/mol. The lowest BCUT2D eigenvalue weighted by atomic mass is 10.0. The Bertz CT molecular complexity index is 460. The summed E-state index contributed by atoms with van der Waals surface area (Å²) in [7, 11) is 0. The molecule has 1 rings (SSSR count). The molecule has 6 heteroatoms. The van der Waals surface area contributed by atoms with Crippen molar-refractivity contribution in [2.75, 3.05) is 13.1 Å². The average molecular weight is 288 g/mol. The molecule has 0 aliphatic heterocycles. The van der Waals surface area contributed by atoms with Gasteiger partial charge in [0.1, 0.15) is 0 Å². The van der Waals surface area contributed by atoms with Gasteiger partial charge in [-0.2, -0.15) is 13.2 Å². The second kappa shape index (κ2) is 6.74. The average Bonchev–Trinajstić information content (AvgIpc) is 2.39. The van der Waals surface area contributed by atoms with Crippen molar-refractivity contribution in [3.63, 3.8) is 0 Å². The molecule has 2 N–H and O–H groups in total. The number of amides is 1. The first-order valence-electron chi connectivity index (χ1n) is 6.48. The maximum atomic E-state index is 12.7. The van der Waals surface area contributed by atoms with E-state index in [1.54, 1.807) is 19.9 Å². The Balaban J connectivity index is 3.01. The number of alkyl halides is 3. The fraction of sp³-hybridized carbons (Fsp3) is 0.500. The zero-order chi connectivity index (χ0) is 15.3. The Kier molecular flexibility index (Phi) is 5.56. The molecule has 0 saturated heterocycles. The van der Waals surface area contributed by atoms with Crippen LogP contribution in [0.4, 0.5) is 13.2 Å². The molecular formula is C14H19F3N2O. The molecule has 0 aliphatic rings. The van der Waals surface area contributed by atoms with E-state index in [4.69, 9.17) is 5.73 Å². The van der Waals surface area contributed by atoms with E-state index in [2.05, 4.69) is 0 Å². The van der Waals surface area contributed by atoms with Crippen molar-refractivity contribution in [3.8, 4) is 0 Å². The summed E-state index contributed by atoms with van der Waals surface area (Å²) in [6.45, 7) is 4.16. The molecule has 1 aromatic carbocycles. The van der Waals surface area contributed by atoms with E-state index in [0.29, 0.717) is 12.1 Å². The van der Waals surface area contributed by atoms with Gasteiger partial charge < -0.3 is 10.6 Å². The van der Waals surface area contributed by atoms with Crippen LogP contribution in [0.3, 0.4) is 0 Å². The number of carbonyl (C=O) groups is 1. The van der Waals surface area contributed by atoms with Crippen molar-refractivity contribution in [3.05, 3.63) is 35.4 Å².